The van der Waals surface area contributed by atoms with E-state index < -0.39 is 16.1 Å². The van der Waals surface area contributed by atoms with Crippen LogP contribution in [0.1, 0.15) is 31.7 Å². The average Bonchev–Trinajstić information content (AvgIpc) is 3.13. The zero-order valence-electron chi connectivity index (χ0n) is 16.7. The Labute approximate surface area is 171 Å². The van der Waals surface area contributed by atoms with Crippen molar-refractivity contribution in [1.82, 2.24) is 9.21 Å². The molecule has 1 unspecified atom stereocenters. The van der Waals surface area contributed by atoms with Crippen LogP contribution in [0.15, 0.2) is 23.1 Å². The van der Waals surface area contributed by atoms with Crippen molar-refractivity contribution in [2.45, 2.75) is 43.5 Å². The fourth-order valence-corrected chi connectivity index (χ4v) is 5.99. The summed E-state index contributed by atoms with van der Waals surface area (Å²) in [6.07, 6.45) is 3.13. The zero-order valence-corrected chi connectivity index (χ0v) is 17.5. The Balaban J connectivity index is 1.62. The minimum absolute atomic E-state index is 0.111. The van der Waals surface area contributed by atoms with E-state index >= 15 is 0 Å². The lowest BCUT2D eigenvalue weighted by molar-refractivity contribution is -0.137. The van der Waals surface area contributed by atoms with E-state index in [9.17, 15) is 18.0 Å². The summed E-state index contributed by atoms with van der Waals surface area (Å²) < 4.78 is 32.9. The molecular formula is C20H27N3O5S. The molecule has 0 N–H and O–H groups in total. The third-order valence-corrected chi connectivity index (χ3v) is 7.83. The summed E-state index contributed by atoms with van der Waals surface area (Å²) in [4.78, 5) is 28.9. The highest BCUT2D eigenvalue weighted by Gasteiger charge is 2.40. The van der Waals surface area contributed by atoms with E-state index in [-0.39, 0.29) is 16.7 Å². The predicted molar refractivity (Wildman–Crippen MR) is 107 cm³/mol. The second-order valence-corrected chi connectivity index (χ2v) is 9.74. The number of carbonyl (C=O) groups is 2. The minimum Gasteiger partial charge on any atom is -0.378 e. The maximum absolute atomic E-state index is 13.1. The number of hydrogen-bond donors (Lipinski definition) is 0. The quantitative estimate of drug-likeness (QED) is 0.727. The van der Waals surface area contributed by atoms with Crippen molar-refractivity contribution in [2.24, 2.45) is 0 Å². The molecule has 0 radical (unpaired) electrons. The molecule has 8 nitrogen and oxygen atoms in total. The van der Waals surface area contributed by atoms with Gasteiger partial charge < -0.3 is 9.64 Å². The van der Waals surface area contributed by atoms with Crippen LogP contribution in [0.3, 0.4) is 0 Å². The Kier molecular flexibility index (Phi) is 5.63. The van der Waals surface area contributed by atoms with E-state index in [1.165, 1.54) is 16.1 Å². The van der Waals surface area contributed by atoms with Gasteiger partial charge in [-0.1, -0.05) is 6.42 Å². The highest BCUT2D eigenvalue weighted by molar-refractivity contribution is 7.89. The number of morpholine rings is 1. The zero-order chi connectivity index (χ0) is 20.6. The molecule has 2 amide bonds. The highest BCUT2D eigenvalue weighted by Crippen LogP contribution is 2.36. The Morgan fingerprint density at radius 1 is 1.03 bits per heavy atom. The fraction of sp³-hybridized carbons (Fsp3) is 0.600. The lowest BCUT2D eigenvalue weighted by atomic mass is 10.1. The number of carbonyl (C=O) groups excluding carboxylic acids is 2. The van der Waals surface area contributed by atoms with Crippen molar-refractivity contribution in [3.05, 3.63) is 23.8 Å². The first kappa shape index (κ1) is 20.3. The van der Waals surface area contributed by atoms with E-state index in [1.807, 2.05) is 0 Å². The average molecular weight is 422 g/mol. The van der Waals surface area contributed by atoms with Crippen molar-refractivity contribution in [3.8, 4) is 0 Å². The molecule has 4 rings (SSSR count). The van der Waals surface area contributed by atoms with Gasteiger partial charge in [0.25, 0.3) is 0 Å². The van der Waals surface area contributed by atoms with Crippen LogP contribution in [-0.2, 0) is 30.8 Å². The van der Waals surface area contributed by atoms with Gasteiger partial charge in [-0.15, -0.1) is 0 Å². The summed E-state index contributed by atoms with van der Waals surface area (Å²) >= 11 is 0. The van der Waals surface area contributed by atoms with Gasteiger partial charge >= 0.3 is 0 Å². The van der Waals surface area contributed by atoms with Crippen molar-refractivity contribution >= 4 is 27.5 Å². The molecular weight excluding hydrogens is 394 g/mol. The van der Waals surface area contributed by atoms with Gasteiger partial charge in [0.2, 0.25) is 21.8 Å². The first-order valence-electron chi connectivity index (χ1n) is 10.2. The number of hydrogen-bond acceptors (Lipinski definition) is 5. The number of piperidine rings is 1. The van der Waals surface area contributed by atoms with Crippen molar-refractivity contribution < 1.29 is 22.7 Å². The minimum atomic E-state index is -3.56. The maximum Gasteiger partial charge on any atom is 0.246 e. The van der Waals surface area contributed by atoms with E-state index in [4.69, 9.17) is 4.74 Å². The standard InChI is InChI=1S/C20H27N3O5S/c1-15(24)23-18-6-5-17(29(26,27)22-7-3-2-4-8-22)13-16(18)14-19(23)20(25)21-9-11-28-12-10-21/h5-6,13,19H,2-4,7-12,14H2,1H3. The molecule has 3 heterocycles. The van der Waals surface area contributed by atoms with Crippen LogP contribution in [0.2, 0.25) is 0 Å². The van der Waals surface area contributed by atoms with Crippen LogP contribution in [0.4, 0.5) is 5.69 Å². The summed E-state index contributed by atoms with van der Waals surface area (Å²) in [6, 6.07) is 4.23. The lowest BCUT2D eigenvalue weighted by Gasteiger charge is -2.32. The van der Waals surface area contributed by atoms with Gasteiger partial charge in [-0.3, -0.25) is 14.5 Å². The van der Waals surface area contributed by atoms with Crippen LogP contribution >= 0.6 is 0 Å². The predicted octanol–water partition coefficient (Wildman–Crippen LogP) is 0.998. The molecule has 1 aromatic rings. The van der Waals surface area contributed by atoms with Crippen LogP contribution in [0, 0.1) is 0 Å². The molecule has 0 bridgehead atoms. The van der Waals surface area contributed by atoms with Crippen LogP contribution < -0.4 is 4.90 Å². The maximum atomic E-state index is 13.1. The van der Waals surface area contributed by atoms with Crippen LogP contribution in [0.5, 0.6) is 0 Å². The number of rotatable bonds is 3. The molecule has 158 valence electrons. The number of benzene rings is 1. The monoisotopic (exact) mass is 421 g/mol. The summed E-state index contributed by atoms with van der Waals surface area (Å²) in [7, 11) is -3.56. The molecule has 3 aliphatic heterocycles. The van der Waals surface area contributed by atoms with Gasteiger partial charge in [-0.25, -0.2) is 8.42 Å². The lowest BCUT2D eigenvalue weighted by Crippen LogP contribution is -2.52. The molecule has 0 spiro atoms. The highest BCUT2D eigenvalue weighted by atomic mass is 32.2. The van der Waals surface area contributed by atoms with Gasteiger partial charge in [0, 0.05) is 45.2 Å². The largest absolute Gasteiger partial charge is 0.378 e. The normalized spacial score (nSPS) is 23.1. The number of fused-ring (bicyclic) bond motifs is 1. The number of amides is 2. The van der Waals surface area contributed by atoms with Crippen molar-refractivity contribution in [2.75, 3.05) is 44.3 Å². The number of nitrogens with zero attached hydrogens (tertiary/aromatic N) is 3. The smallest absolute Gasteiger partial charge is 0.246 e. The Morgan fingerprint density at radius 2 is 1.72 bits per heavy atom. The summed E-state index contributed by atoms with van der Waals surface area (Å²) in [5.41, 5.74) is 1.35. The molecule has 9 heteroatoms. The van der Waals surface area contributed by atoms with Gasteiger partial charge in [-0.2, -0.15) is 4.31 Å². The van der Waals surface area contributed by atoms with Crippen molar-refractivity contribution in [1.29, 1.82) is 0 Å². The van der Waals surface area contributed by atoms with Crippen LogP contribution in [-0.4, -0.2) is 74.9 Å². The molecule has 2 fully saturated rings. The topological polar surface area (TPSA) is 87.2 Å². The number of ether oxygens (including phenoxy) is 1. The summed E-state index contributed by atoms with van der Waals surface area (Å²) in [5, 5.41) is 0. The third kappa shape index (κ3) is 3.78. The van der Waals surface area contributed by atoms with E-state index in [0.717, 1.165) is 24.8 Å². The molecule has 0 saturated carbocycles. The summed E-state index contributed by atoms with van der Waals surface area (Å²) in [6.45, 7) is 4.51. The van der Waals surface area contributed by atoms with E-state index in [0.29, 0.717) is 51.5 Å². The summed E-state index contributed by atoms with van der Waals surface area (Å²) in [5.74, 6) is -0.331. The fourth-order valence-electron chi connectivity index (χ4n) is 4.42. The number of sulfonamides is 1. The molecule has 2 saturated heterocycles. The first-order valence-corrected chi connectivity index (χ1v) is 11.6. The molecule has 1 aromatic carbocycles. The molecule has 0 aromatic heterocycles. The molecule has 1 atom stereocenters. The molecule has 29 heavy (non-hydrogen) atoms. The van der Waals surface area contributed by atoms with Gasteiger partial charge in [0.1, 0.15) is 6.04 Å². The third-order valence-electron chi connectivity index (χ3n) is 5.94. The van der Waals surface area contributed by atoms with E-state index in [2.05, 4.69) is 0 Å². The SMILES string of the molecule is CC(=O)N1c2ccc(S(=O)(=O)N3CCCCC3)cc2CC1C(=O)N1CCOCC1. The second kappa shape index (κ2) is 8.04. The van der Waals surface area contributed by atoms with Gasteiger partial charge in [0.15, 0.2) is 0 Å². The van der Waals surface area contributed by atoms with Crippen LogP contribution in [0.25, 0.3) is 0 Å². The van der Waals surface area contributed by atoms with E-state index in [1.54, 1.807) is 23.1 Å². The number of anilines is 1. The Morgan fingerprint density at radius 3 is 2.38 bits per heavy atom. The van der Waals surface area contributed by atoms with Crippen molar-refractivity contribution in [3.63, 3.8) is 0 Å². The van der Waals surface area contributed by atoms with Gasteiger partial charge in [0.05, 0.1) is 18.1 Å². The Bertz CT molecular complexity index is 905. The molecule has 3 aliphatic rings. The molecule has 0 aliphatic carbocycles. The van der Waals surface area contributed by atoms with Gasteiger partial charge in [-0.05, 0) is 36.6 Å². The second-order valence-electron chi connectivity index (χ2n) is 7.80. The Hall–Kier alpha value is -1.97. The first-order chi connectivity index (χ1) is 13.9.